The monoisotopic (exact) mass is 421 g/mol. The van der Waals surface area contributed by atoms with Crippen molar-refractivity contribution < 1.29 is 14.3 Å². The Bertz CT molecular complexity index is 804. The second-order valence-corrected chi connectivity index (χ2v) is 9.14. The van der Waals surface area contributed by atoms with Crippen LogP contribution in [0.5, 0.6) is 0 Å². The number of anilines is 1. The van der Waals surface area contributed by atoms with Crippen molar-refractivity contribution in [3.8, 4) is 0 Å². The summed E-state index contributed by atoms with van der Waals surface area (Å²) in [4.78, 5) is 27.6. The van der Waals surface area contributed by atoms with E-state index in [1.807, 2.05) is 26.8 Å². The summed E-state index contributed by atoms with van der Waals surface area (Å²) in [6.07, 6.45) is 1.89. The van der Waals surface area contributed by atoms with E-state index >= 15 is 0 Å². The highest BCUT2D eigenvalue weighted by Gasteiger charge is 2.37. The van der Waals surface area contributed by atoms with E-state index in [2.05, 4.69) is 21.0 Å². The molecule has 3 aliphatic rings. The molecule has 0 N–H and O–H groups in total. The van der Waals surface area contributed by atoms with Gasteiger partial charge in [-0.2, -0.15) is 0 Å². The molecule has 29 heavy (non-hydrogen) atoms. The van der Waals surface area contributed by atoms with Crippen molar-refractivity contribution in [1.82, 2.24) is 19.8 Å². The number of nitrogens with zero attached hydrogens (tertiary/aromatic N) is 5. The third-order valence-corrected chi connectivity index (χ3v) is 5.39. The number of likely N-dealkylation sites (tertiary alicyclic amines) is 1. The van der Waals surface area contributed by atoms with Crippen LogP contribution in [-0.2, 0) is 16.0 Å². The van der Waals surface area contributed by atoms with E-state index < -0.39 is 5.60 Å². The van der Waals surface area contributed by atoms with Crippen LogP contribution >= 0.6 is 11.6 Å². The topological polar surface area (TPSA) is 71.0 Å². The van der Waals surface area contributed by atoms with Gasteiger partial charge in [0.2, 0.25) is 0 Å². The average molecular weight is 422 g/mol. The first-order valence-electron chi connectivity index (χ1n) is 10.1. The first-order valence-corrected chi connectivity index (χ1v) is 10.4. The molecule has 3 aliphatic heterocycles. The van der Waals surface area contributed by atoms with Crippen LogP contribution in [0.1, 0.15) is 26.6 Å². The number of carbonyl (C=O) groups is 1. The fourth-order valence-electron chi connectivity index (χ4n) is 3.92. The van der Waals surface area contributed by atoms with Crippen molar-refractivity contribution in [3.63, 3.8) is 0 Å². The molecule has 0 radical (unpaired) electrons. The zero-order valence-electron chi connectivity index (χ0n) is 17.2. The predicted octanol–water partition coefficient (Wildman–Crippen LogP) is 2.53. The van der Waals surface area contributed by atoms with Gasteiger partial charge in [0.25, 0.3) is 0 Å². The maximum Gasteiger partial charge on any atom is 0.410 e. The minimum Gasteiger partial charge on any atom is -0.444 e. The van der Waals surface area contributed by atoms with Crippen LogP contribution in [0.3, 0.4) is 0 Å². The van der Waals surface area contributed by atoms with E-state index in [1.54, 1.807) is 4.90 Å². The molecule has 4 heterocycles. The normalized spacial score (nSPS) is 22.0. The van der Waals surface area contributed by atoms with Gasteiger partial charge in [0.1, 0.15) is 16.6 Å². The van der Waals surface area contributed by atoms with Gasteiger partial charge in [-0.05, 0) is 26.3 Å². The lowest BCUT2D eigenvalue weighted by atomic mass is 10.1. The highest BCUT2D eigenvalue weighted by atomic mass is 35.5. The predicted molar refractivity (Wildman–Crippen MR) is 110 cm³/mol. The second-order valence-electron chi connectivity index (χ2n) is 8.76. The van der Waals surface area contributed by atoms with Gasteiger partial charge in [0.15, 0.2) is 5.82 Å². The Labute approximate surface area is 176 Å². The van der Waals surface area contributed by atoms with Gasteiger partial charge in [0.05, 0.1) is 19.8 Å². The van der Waals surface area contributed by atoms with Gasteiger partial charge in [-0.25, -0.2) is 14.8 Å². The number of hydrogen-bond acceptors (Lipinski definition) is 7. The summed E-state index contributed by atoms with van der Waals surface area (Å²) in [5, 5.41) is 0.458. The Morgan fingerprint density at radius 2 is 2.03 bits per heavy atom. The van der Waals surface area contributed by atoms with Crippen LogP contribution in [0.2, 0.25) is 5.15 Å². The summed E-state index contributed by atoms with van der Waals surface area (Å²) in [6.45, 7) is 11.4. The summed E-state index contributed by atoms with van der Waals surface area (Å²) < 4.78 is 10.9. The van der Waals surface area contributed by atoms with Gasteiger partial charge in [0, 0.05) is 50.9 Å². The van der Waals surface area contributed by atoms with E-state index in [-0.39, 0.29) is 6.09 Å². The molecule has 0 spiro atoms. The summed E-state index contributed by atoms with van der Waals surface area (Å²) in [6, 6.07) is 1.81. The van der Waals surface area contributed by atoms with Gasteiger partial charge in [-0.3, -0.25) is 0 Å². The van der Waals surface area contributed by atoms with Crippen LogP contribution in [0.25, 0.3) is 0 Å². The fraction of sp³-hybridized carbons (Fsp3) is 0.650. The second kappa shape index (κ2) is 7.99. The third-order valence-electron chi connectivity index (χ3n) is 5.20. The standard InChI is InChI=1S/C20H28ClN5O3/c1-20(2,3)29-19(27)26-11-14-9-24(10-15(14)12-26)13-17-22-16(21)8-18(23-17)25-4-6-28-7-5-25/h8-9,15H,4-7,10-13H2,1-3H3. The number of carbonyl (C=O) groups excluding carboxylic acids is 1. The SMILES string of the molecule is CC(C)(C)OC(=O)N1CC2=CN(Cc3nc(Cl)cc(N4CCOCC4)n3)CC2C1. The Hall–Kier alpha value is -2.06. The van der Waals surface area contributed by atoms with E-state index in [1.165, 1.54) is 5.57 Å². The number of ether oxygens (including phenoxy) is 2. The van der Waals surface area contributed by atoms with Crippen molar-refractivity contribution in [2.75, 3.05) is 50.8 Å². The van der Waals surface area contributed by atoms with Crippen molar-refractivity contribution in [2.24, 2.45) is 5.92 Å². The summed E-state index contributed by atoms with van der Waals surface area (Å²) in [7, 11) is 0. The fourth-order valence-corrected chi connectivity index (χ4v) is 4.12. The lowest BCUT2D eigenvalue weighted by molar-refractivity contribution is 0.0286. The molecular weight excluding hydrogens is 394 g/mol. The molecule has 0 bridgehead atoms. The molecule has 1 aromatic rings. The van der Waals surface area contributed by atoms with Crippen LogP contribution in [-0.4, -0.2) is 77.4 Å². The molecule has 1 aromatic heterocycles. The first-order chi connectivity index (χ1) is 13.8. The van der Waals surface area contributed by atoms with Crippen LogP contribution in [0.15, 0.2) is 17.8 Å². The summed E-state index contributed by atoms with van der Waals surface area (Å²) in [5.74, 6) is 1.90. The molecule has 1 amide bonds. The lowest BCUT2D eigenvalue weighted by Gasteiger charge is -2.28. The smallest absolute Gasteiger partial charge is 0.410 e. The van der Waals surface area contributed by atoms with Crippen LogP contribution in [0.4, 0.5) is 10.6 Å². The van der Waals surface area contributed by atoms with Crippen molar-refractivity contribution in [2.45, 2.75) is 32.9 Å². The molecule has 8 nitrogen and oxygen atoms in total. The molecule has 0 aromatic carbocycles. The number of halogens is 1. The first kappa shape index (κ1) is 20.2. The van der Waals surface area contributed by atoms with Gasteiger partial charge in [-0.1, -0.05) is 11.6 Å². The Morgan fingerprint density at radius 3 is 2.72 bits per heavy atom. The lowest BCUT2D eigenvalue weighted by Crippen LogP contribution is -2.37. The largest absolute Gasteiger partial charge is 0.444 e. The minimum atomic E-state index is -0.475. The highest BCUT2D eigenvalue weighted by Crippen LogP contribution is 2.31. The van der Waals surface area contributed by atoms with E-state index in [0.717, 1.165) is 25.5 Å². The zero-order chi connectivity index (χ0) is 20.6. The number of amides is 1. The quantitative estimate of drug-likeness (QED) is 0.694. The molecule has 158 valence electrons. The minimum absolute atomic E-state index is 0.243. The number of morpholine rings is 1. The molecule has 4 rings (SSSR count). The molecule has 1 unspecified atom stereocenters. The van der Waals surface area contributed by atoms with E-state index in [4.69, 9.17) is 26.1 Å². The van der Waals surface area contributed by atoms with Crippen LogP contribution in [0, 0.1) is 5.92 Å². The van der Waals surface area contributed by atoms with Crippen molar-refractivity contribution in [3.05, 3.63) is 28.8 Å². The maximum atomic E-state index is 12.3. The summed E-state index contributed by atoms with van der Waals surface area (Å²) in [5.41, 5.74) is 0.781. The third kappa shape index (κ3) is 4.93. The Morgan fingerprint density at radius 1 is 1.28 bits per heavy atom. The number of rotatable bonds is 3. The molecule has 1 atom stereocenters. The van der Waals surface area contributed by atoms with E-state index in [9.17, 15) is 4.79 Å². The Balaban J connectivity index is 1.39. The Kier molecular flexibility index (Phi) is 5.57. The molecule has 2 fully saturated rings. The van der Waals surface area contributed by atoms with Crippen LogP contribution < -0.4 is 4.90 Å². The number of aromatic nitrogens is 2. The number of fused-ring (bicyclic) bond motifs is 1. The van der Waals surface area contributed by atoms with E-state index in [0.29, 0.717) is 49.7 Å². The number of hydrogen-bond donors (Lipinski definition) is 0. The zero-order valence-corrected chi connectivity index (χ0v) is 18.0. The van der Waals surface area contributed by atoms with Gasteiger partial charge in [-0.15, -0.1) is 0 Å². The molecule has 0 saturated carbocycles. The molecule has 0 aliphatic carbocycles. The van der Waals surface area contributed by atoms with Gasteiger partial charge < -0.3 is 24.2 Å². The summed E-state index contributed by atoms with van der Waals surface area (Å²) >= 11 is 6.26. The molecular formula is C20H28ClN5O3. The highest BCUT2D eigenvalue weighted by molar-refractivity contribution is 6.29. The van der Waals surface area contributed by atoms with Crippen molar-refractivity contribution >= 4 is 23.5 Å². The molecule has 9 heteroatoms. The van der Waals surface area contributed by atoms with Gasteiger partial charge >= 0.3 is 6.09 Å². The van der Waals surface area contributed by atoms with Crippen molar-refractivity contribution in [1.29, 1.82) is 0 Å². The molecule has 2 saturated heterocycles. The average Bonchev–Trinajstić information content (AvgIpc) is 3.19. The maximum absolute atomic E-state index is 12.3.